The second-order valence-electron chi connectivity index (χ2n) is 10.9. The molecule has 2 fully saturated rings. The number of aromatic nitrogens is 7. The maximum Gasteiger partial charge on any atom is 0.257 e. The minimum Gasteiger partial charge on any atom is -0.339 e. The van der Waals surface area contributed by atoms with E-state index >= 15 is 0 Å². The van der Waals surface area contributed by atoms with E-state index < -0.39 is 0 Å². The normalized spacial score (nSPS) is 16.6. The Balaban J connectivity index is 1.18. The average molecular weight is 551 g/mol. The average Bonchev–Trinajstić information content (AvgIpc) is 3.76. The molecule has 12 nitrogen and oxygen atoms in total. The highest BCUT2D eigenvalue weighted by Gasteiger charge is 2.25. The summed E-state index contributed by atoms with van der Waals surface area (Å²) in [6.45, 7) is 3.36. The molecule has 0 radical (unpaired) electrons. The van der Waals surface area contributed by atoms with Gasteiger partial charge in [0.05, 0.1) is 34.5 Å². The molecule has 2 aliphatic heterocycles. The molecule has 0 atom stereocenters. The molecular weight excluding hydrogens is 520 g/mol. The Labute approximate surface area is 235 Å². The summed E-state index contributed by atoms with van der Waals surface area (Å²) in [6.07, 6.45) is 12.1. The number of carbonyl (C=O) groups is 2. The summed E-state index contributed by atoms with van der Waals surface area (Å²) in [5.41, 5.74) is 5.23. The molecule has 208 valence electrons. The van der Waals surface area contributed by atoms with E-state index in [2.05, 4.69) is 47.4 Å². The summed E-state index contributed by atoms with van der Waals surface area (Å²) in [5, 5.41) is 11.2. The Kier molecular flexibility index (Phi) is 6.38. The van der Waals surface area contributed by atoms with E-state index in [0.717, 1.165) is 68.4 Å². The van der Waals surface area contributed by atoms with E-state index in [9.17, 15) is 9.59 Å². The number of pyridine rings is 3. The van der Waals surface area contributed by atoms with Crippen LogP contribution in [0.4, 0.5) is 5.69 Å². The molecule has 5 aromatic rings. The van der Waals surface area contributed by atoms with Crippen molar-refractivity contribution in [2.75, 3.05) is 38.5 Å². The molecule has 7 rings (SSSR count). The van der Waals surface area contributed by atoms with Crippen LogP contribution >= 0.6 is 0 Å². The number of hydrogen-bond donors (Lipinski definition) is 3. The summed E-state index contributed by atoms with van der Waals surface area (Å²) in [4.78, 5) is 51.4. The van der Waals surface area contributed by atoms with Gasteiger partial charge in [-0.1, -0.05) is 0 Å². The van der Waals surface area contributed by atoms with Crippen LogP contribution in [-0.2, 0) is 4.79 Å². The second-order valence-corrected chi connectivity index (χ2v) is 10.9. The predicted molar refractivity (Wildman–Crippen MR) is 154 cm³/mol. The van der Waals surface area contributed by atoms with Gasteiger partial charge < -0.3 is 20.1 Å². The third-order valence-corrected chi connectivity index (χ3v) is 8.09. The number of aromatic amines is 2. The van der Waals surface area contributed by atoms with E-state index in [1.54, 1.807) is 31.0 Å². The van der Waals surface area contributed by atoms with Crippen molar-refractivity contribution in [2.24, 2.45) is 5.92 Å². The monoisotopic (exact) mass is 550 g/mol. The number of nitrogens with zero attached hydrogens (tertiary/aromatic N) is 7. The van der Waals surface area contributed by atoms with Gasteiger partial charge in [-0.15, -0.1) is 0 Å². The fourth-order valence-corrected chi connectivity index (χ4v) is 5.72. The van der Waals surface area contributed by atoms with Gasteiger partial charge in [-0.25, -0.2) is 9.97 Å². The van der Waals surface area contributed by atoms with Crippen molar-refractivity contribution in [3.8, 4) is 22.6 Å². The van der Waals surface area contributed by atoms with E-state index in [1.807, 2.05) is 17.0 Å². The smallest absolute Gasteiger partial charge is 0.257 e. The Morgan fingerprint density at radius 1 is 0.951 bits per heavy atom. The van der Waals surface area contributed by atoms with E-state index in [4.69, 9.17) is 4.98 Å². The number of hydrogen-bond acceptors (Lipinski definition) is 8. The number of fused-ring (bicyclic) bond motifs is 2. The maximum atomic E-state index is 13.1. The fraction of sp³-hybridized carbons (Fsp3) is 0.345. The van der Waals surface area contributed by atoms with Crippen molar-refractivity contribution >= 4 is 39.6 Å². The lowest BCUT2D eigenvalue weighted by Crippen LogP contribution is -2.35. The second kappa shape index (κ2) is 10.4. The van der Waals surface area contributed by atoms with Crippen LogP contribution in [0, 0.1) is 5.92 Å². The van der Waals surface area contributed by atoms with E-state index in [1.165, 1.54) is 0 Å². The van der Waals surface area contributed by atoms with Crippen LogP contribution in [0.2, 0.25) is 0 Å². The van der Waals surface area contributed by atoms with Crippen LogP contribution < -0.4 is 5.32 Å². The Hall–Kier alpha value is -4.71. The first-order chi connectivity index (χ1) is 20.0. The van der Waals surface area contributed by atoms with Crippen molar-refractivity contribution in [3.63, 3.8) is 0 Å². The van der Waals surface area contributed by atoms with Crippen LogP contribution in [0.3, 0.4) is 0 Å². The third kappa shape index (κ3) is 4.80. The summed E-state index contributed by atoms with van der Waals surface area (Å²) < 4.78 is 0. The van der Waals surface area contributed by atoms with E-state index in [0.29, 0.717) is 39.4 Å². The number of likely N-dealkylation sites (tertiary alicyclic amines) is 2. The largest absolute Gasteiger partial charge is 0.339 e. The first kappa shape index (κ1) is 25.3. The number of carbonyl (C=O) groups excluding carboxylic acids is 2. The van der Waals surface area contributed by atoms with Crippen LogP contribution in [0.1, 0.15) is 36.0 Å². The van der Waals surface area contributed by atoms with Gasteiger partial charge >= 0.3 is 0 Å². The first-order valence-electron chi connectivity index (χ1n) is 14.0. The lowest BCUT2D eigenvalue weighted by Gasteiger charge is -2.28. The highest BCUT2D eigenvalue weighted by Crippen LogP contribution is 2.31. The van der Waals surface area contributed by atoms with Crippen molar-refractivity contribution < 1.29 is 9.59 Å². The van der Waals surface area contributed by atoms with Crippen molar-refractivity contribution in [1.29, 1.82) is 0 Å². The molecule has 0 spiro atoms. The SMILES string of the molecule is CN1CCC(C(=O)Nc2cncc(-c3cnc4n[nH]c(-c5nc6c(C(=O)N7CCCC7)cncc6[nH]5)c4c3)c2)CC1. The molecule has 3 N–H and O–H groups in total. The molecule has 0 aliphatic carbocycles. The zero-order valence-corrected chi connectivity index (χ0v) is 22.7. The highest BCUT2D eigenvalue weighted by molar-refractivity contribution is 6.05. The van der Waals surface area contributed by atoms with Crippen LogP contribution in [0.5, 0.6) is 0 Å². The van der Waals surface area contributed by atoms with E-state index in [-0.39, 0.29) is 17.7 Å². The lowest BCUT2D eigenvalue weighted by molar-refractivity contribution is -0.121. The summed E-state index contributed by atoms with van der Waals surface area (Å²) in [6, 6.07) is 3.88. The molecule has 5 aromatic heterocycles. The van der Waals surface area contributed by atoms with Crippen molar-refractivity contribution in [3.05, 3.63) is 48.7 Å². The third-order valence-electron chi connectivity index (χ3n) is 8.09. The van der Waals surface area contributed by atoms with Crippen LogP contribution in [-0.4, -0.2) is 90.0 Å². The number of imidazole rings is 1. The molecule has 0 unspecified atom stereocenters. The van der Waals surface area contributed by atoms with Crippen LogP contribution in [0.15, 0.2) is 43.1 Å². The first-order valence-corrected chi connectivity index (χ1v) is 14.0. The molecule has 2 amide bonds. The van der Waals surface area contributed by atoms with Crippen molar-refractivity contribution in [2.45, 2.75) is 25.7 Å². The zero-order valence-electron chi connectivity index (χ0n) is 22.7. The van der Waals surface area contributed by atoms with Gasteiger partial charge in [0.15, 0.2) is 11.5 Å². The number of H-pyrrole nitrogens is 2. The minimum absolute atomic E-state index is 0.00605. The van der Waals surface area contributed by atoms with Gasteiger partial charge in [0.1, 0.15) is 11.2 Å². The molecular formula is C29H30N10O2. The quantitative estimate of drug-likeness (QED) is 0.301. The van der Waals surface area contributed by atoms with Gasteiger partial charge in [-0.3, -0.25) is 24.7 Å². The molecule has 7 heterocycles. The van der Waals surface area contributed by atoms with Gasteiger partial charge in [0.25, 0.3) is 5.91 Å². The standard InChI is InChI=1S/C29H30N10O2/c1-38-8-4-17(5-9-38)28(40)33-20-10-18(12-30-14-20)19-11-21-25(36-37-26(21)32-13-19)27-34-23-16-31-15-22(24(23)35-27)29(41)39-6-2-3-7-39/h10-17H,2-9H2,1H3,(H,33,40)(H,34,35)(H,32,36,37). The Morgan fingerprint density at radius 3 is 2.56 bits per heavy atom. The number of anilines is 1. The Bertz CT molecular complexity index is 1760. The zero-order chi connectivity index (χ0) is 27.9. The van der Waals surface area contributed by atoms with Gasteiger partial charge in [0.2, 0.25) is 5.91 Å². The van der Waals surface area contributed by atoms with Gasteiger partial charge in [-0.2, -0.15) is 5.10 Å². The van der Waals surface area contributed by atoms with Gasteiger partial charge in [-0.05, 0) is 58.0 Å². The van der Waals surface area contributed by atoms with Gasteiger partial charge in [0, 0.05) is 48.7 Å². The summed E-state index contributed by atoms with van der Waals surface area (Å²) in [7, 11) is 2.08. The van der Waals surface area contributed by atoms with Crippen LogP contribution in [0.25, 0.3) is 44.7 Å². The molecule has 0 bridgehead atoms. The predicted octanol–water partition coefficient (Wildman–Crippen LogP) is 3.47. The van der Waals surface area contributed by atoms with Crippen molar-refractivity contribution in [1.82, 2.24) is 44.9 Å². The fourth-order valence-electron chi connectivity index (χ4n) is 5.72. The molecule has 0 aromatic carbocycles. The lowest BCUT2D eigenvalue weighted by atomic mass is 9.96. The molecule has 41 heavy (non-hydrogen) atoms. The minimum atomic E-state index is -0.0487. The Morgan fingerprint density at radius 2 is 1.73 bits per heavy atom. The summed E-state index contributed by atoms with van der Waals surface area (Å²) >= 11 is 0. The topological polar surface area (TPSA) is 149 Å². The molecule has 0 saturated carbocycles. The number of nitrogens with one attached hydrogen (secondary N) is 3. The number of piperidine rings is 1. The number of amides is 2. The molecule has 2 aliphatic rings. The highest BCUT2D eigenvalue weighted by atomic mass is 16.2. The number of rotatable bonds is 5. The molecule has 2 saturated heterocycles. The maximum absolute atomic E-state index is 13.1. The summed E-state index contributed by atoms with van der Waals surface area (Å²) in [5.74, 6) is 0.533. The molecule has 12 heteroatoms.